The summed E-state index contributed by atoms with van der Waals surface area (Å²) in [5, 5.41) is 6.48. The lowest BCUT2D eigenvalue weighted by Gasteiger charge is -2.32. The number of fused-ring (bicyclic) bond motifs is 2. The highest BCUT2D eigenvalue weighted by Crippen LogP contribution is 2.41. The van der Waals surface area contributed by atoms with E-state index in [9.17, 15) is 28.4 Å². The molecule has 3 heterocycles. The van der Waals surface area contributed by atoms with E-state index >= 15 is 0 Å². The van der Waals surface area contributed by atoms with Crippen LogP contribution in [0.25, 0.3) is 10.9 Å². The van der Waals surface area contributed by atoms with Crippen molar-refractivity contribution in [1.82, 2.24) is 15.2 Å². The standard InChI is InChI=1S/C45H48ClFN4O10/c1-27(28-5-7-29(8-6-28)32-15-16-48-36-12-9-30(47)25-34(32)36)42(53)49-31-10-11-35(46)39(26-31)61-24-22-59-20-18-57-17-19-58-21-23-60-38-4-2-3-33-41(38)45(56)51(44(33)55)37-13-14-40(52)50-43(37)54/h2-4,9-12,15-16,25-29,37H,5-8,13-14,17-24H2,1H3,(H,49,53)(H,50,52,54)/t27-,28-,29+,37?/m1/s1. The van der Waals surface area contributed by atoms with Crippen molar-refractivity contribution >= 4 is 57.7 Å². The fourth-order valence-corrected chi connectivity index (χ4v) is 8.33. The zero-order valence-corrected chi connectivity index (χ0v) is 34.5. The van der Waals surface area contributed by atoms with Gasteiger partial charge in [-0.05, 0) is 98.0 Å². The molecule has 61 heavy (non-hydrogen) atoms. The average Bonchev–Trinajstić information content (AvgIpc) is 3.51. The van der Waals surface area contributed by atoms with E-state index in [4.69, 9.17) is 35.3 Å². The van der Waals surface area contributed by atoms with Crippen LogP contribution in [0.5, 0.6) is 11.5 Å². The summed E-state index contributed by atoms with van der Waals surface area (Å²) in [6, 6.07) is 15.5. The number of carbonyl (C=O) groups is 5. The predicted octanol–water partition coefficient (Wildman–Crippen LogP) is 6.48. The lowest BCUT2D eigenvalue weighted by Crippen LogP contribution is -2.54. The lowest BCUT2D eigenvalue weighted by atomic mass is 9.73. The SMILES string of the molecule is C[C@@H](C(=O)Nc1ccc(Cl)c(OCCOCCOCCOCCOc2cccc3c2C(=O)N(C2CCC(=O)NC2=O)C3=O)c1)[C@H]1CC[C@@H](c2ccnc3ccc(F)cc32)CC1. The van der Waals surface area contributed by atoms with Gasteiger partial charge in [-0.2, -0.15) is 0 Å². The topological polar surface area (TPSA) is 172 Å². The first kappa shape index (κ1) is 43.6. The number of aromatic nitrogens is 1. The molecule has 14 nitrogen and oxygen atoms in total. The van der Waals surface area contributed by atoms with Crippen LogP contribution >= 0.6 is 11.6 Å². The molecule has 5 amide bonds. The van der Waals surface area contributed by atoms with Crippen molar-refractivity contribution in [1.29, 1.82) is 0 Å². The molecule has 0 radical (unpaired) electrons. The van der Waals surface area contributed by atoms with Crippen LogP contribution in [0.4, 0.5) is 10.1 Å². The molecule has 3 aliphatic rings. The van der Waals surface area contributed by atoms with Crippen molar-refractivity contribution in [2.24, 2.45) is 11.8 Å². The van der Waals surface area contributed by atoms with Crippen molar-refractivity contribution in [2.75, 3.05) is 58.2 Å². The third-order valence-electron chi connectivity index (χ3n) is 11.4. The maximum Gasteiger partial charge on any atom is 0.266 e. The number of pyridine rings is 1. The number of amides is 5. The van der Waals surface area contributed by atoms with Crippen molar-refractivity contribution in [3.8, 4) is 11.5 Å². The highest BCUT2D eigenvalue weighted by atomic mass is 35.5. The summed E-state index contributed by atoms with van der Waals surface area (Å²) in [5.41, 5.74) is 2.73. The third-order valence-corrected chi connectivity index (χ3v) is 11.7. The number of imide groups is 2. The number of hydrogen-bond acceptors (Lipinski definition) is 11. The van der Waals surface area contributed by atoms with Crippen LogP contribution in [-0.4, -0.2) is 98.3 Å². The van der Waals surface area contributed by atoms with E-state index in [0.717, 1.165) is 47.0 Å². The Bertz CT molecular complexity index is 2270. The molecular weight excluding hydrogens is 811 g/mol. The molecule has 4 aromatic rings. The molecule has 2 aliphatic heterocycles. The number of ether oxygens (including phenoxy) is 5. The molecule has 1 unspecified atom stereocenters. The van der Waals surface area contributed by atoms with E-state index in [1.807, 2.05) is 13.0 Å². The number of anilines is 1. The van der Waals surface area contributed by atoms with E-state index < -0.39 is 29.7 Å². The number of benzene rings is 3. The number of halogens is 2. The van der Waals surface area contributed by atoms with Crippen LogP contribution in [0.1, 0.15) is 77.6 Å². The van der Waals surface area contributed by atoms with Crippen molar-refractivity contribution in [3.63, 3.8) is 0 Å². The summed E-state index contributed by atoms with van der Waals surface area (Å²) in [6.07, 6.45) is 5.52. The van der Waals surface area contributed by atoms with Gasteiger partial charge in [0.05, 0.1) is 61.3 Å². The Hall–Kier alpha value is -5.48. The van der Waals surface area contributed by atoms with Crippen molar-refractivity contribution in [2.45, 2.75) is 57.4 Å². The Morgan fingerprint density at radius 2 is 1.52 bits per heavy atom. The Balaban J connectivity index is 0.741. The molecule has 322 valence electrons. The maximum atomic E-state index is 14.0. The first-order valence-electron chi connectivity index (χ1n) is 20.6. The molecule has 1 aromatic heterocycles. The molecule has 16 heteroatoms. The molecule has 1 saturated heterocycles. The van der Waals surface area contributed by atoms with Gasteiger partial charge in [0, 0.05) is 35.7 Å². The monoisotopic (exact) mass is 858 g/mol. The van der Waals surface area contributed by atoms with Gasteiger partial charge in [-0.25, -0.2) is 4.39 Å². The van der Waals surface area contributed by atoms with Crippen LogP contribution < -0.4 is 20.1 Å². The van der Waals surface area contributed by atoms with Crippen molar-refractivity contribution < 1.29 is 52.0 Å². The van der Waals surface area contributed by atoms with Crippen LogP contribution in [0.2, 0.25) is 5.02 Å². The fraction of sp³-hybridized carbons (Fsp3) is 0.422. The highest BCUT2D eigenvalue weighted by Gasteiger charge is 2.46. The second kappa shape index (κ2) is 20.4. The van der Waals surface area contributed by atoms with E-state index in [1.165, 1.54) is 12.1 Å². The molecule has 2 atom stereocenters. The van der Waals surface area contributed by atoms with Gasteiger partial charge in [0.15, 0.2) is 0 Å². The molecular formula is C45H48ClFN4O10. The predicted molar refractivity (Wildman–Crippen MR) is 222 cm³/mol. The normalized spacial score (nSPS) is 19.5. The number of nitrogens with one attached hydrogen (secondary N) is 2. The number of nitrogens with zero attached hydrogens (tertiary/aromatic N) is 2. The molecule has 7 rings (SSSR count). The average molecular weight is 859 g/mol. The third kappa shape index (κ3) is 10.5. The Labute approximate surface area is 357 Å². The van der Waals surface area contributed by atoms with Crippen molar-refractivity contribution in [3.05, 3.63) is 94.4 Å². The van der Waals surface area contributed by atoms with E-state index in [0.29, 0.717) is 48.8 Å². The molecule has 0 spiro atoms. The van der Waals surface area contributed by atoms with Gasteiger partial charge < -0.3 is 29.0 Å². The molecule has 1 saturated carbocycles. The summed E-state index contributed by atoms with van der Waals surface area (Å²) in [7, 11) is 0. The Kier molecular flexibility index (Phi) is 14.6. The van der Waals surface area contributed by atoms with Gasteiger partial charge in [0.2, 0.25) is 17.7 Å². The zero-order chi connectivity index (χ0) is 42.9. The van der Waals surface area contributed by atoms with Gasteiger partial charge in [-0.3, -0.25) is 39.2 Å². The smallest absolute Gasteiger partial charge is 0.266 e. The summed E-state index contributed by atoms with van der Waals surface area (Å²) in [5.74, 6) is -1.72. The van der Waals surface area contributed by atoms with Crippen LogP contribution in [-0.2, 0) is 28.6 Å². The molecule has 2 N–H and O–H groups in total. The number of carbonyl (C=O) groups excluding carboxylic acids is 5. The van der Waals surface area contributed by atoms with Gasteiger partial charge >= 0.3 is 0 Å². The number of hydrogen-bond donors (Lipinski definition) is 2. The van der Waals surface area contributed by atoms with E-state index in [-0.39, 0.29) is 79.7 Å². The zero-order valence-electron chi connectivity index (χ0n) is 33.8. The molecule has 0 bridgehead atoms. The summed E-state index contributed by atoms with van der Waals surface area (Å²) in [4.78, 5) is 68.7. The van der Waals surface area contributed by atoms with Crippen LogP contribution in [0, 0.1) is 17.7 Å². The van der Waals surface area contributed by atoms with Crippen LogP contribution in [0.15, 0.2) is 66.9 Å². The summed E-state index contributed by atoms with van der Waals surface area (Å²) in [6.45, 7) is 4.06. The molecule has 1 aliphatic carbocycles. The number of rotatable bonds is 19. The highest BCUT2D eigenvalue weighted by molar-refractivity contribution is 6.32. The molecule has 3 aromatic carbocycles. The number of piperidine rings is 1. The summed E-state index contributed by atoms with van der Waals surface area (Å²) >= 11 is 6.38. The van der Waals surface area contributed by atoms with Gasteiger partial charge in [0.1, 0.15) is 36.6 Å². The van der Waals surface area contributed by atoms with Gasteiger partial charge in [-0.1, -0.05) is 24.6 Å². The summed E-state index contributed by atoms with van der Waals surface area (Å²) < 4.78 is 42.4. The first-order chi connectivity index (χ1) is 29.6. The van der Waals surface area contributed by atoms with Gasteiger partial charge in [-0.15, -0.1) is 0 Å². The van der Waals surface area contributed by atoms with E-state index in [2.05, 4.69) is 15.6 Å². The van der Waals surface area contributed by atoms with Crippen LogP contribution in [0.3, 0.4) is 0 Å². The molecule has 2 fully saturated rings. The minimum absolute atomic E-state index is 0.0372. The maximum absolute atomic E-state index is 14.0. The second-order valence-corrected chi connectivity index (χ2v) is 15.7. The first-order valence-corrected chi connectivity index (χ1v) is 20.9. The Morgan fingerprint density at radius 3 is 2.23 bits per heavy atom. The minimum Gasteiger partial charge on any atom is -0.490 e. The quantitative estimate of drug-likeness (QED) is 0.0781. The largest absolute Gasteiger partial charge is 0.490 e. The minimum atomic E-state index is -1.06. The lowest BCUT2D eigenvalue weighted by molar-refractivity contribution is -0.136. The fourth-order valence-electron chi connectivity index (χ4n) is 8.16. The van der Waals surface area contributed by atoms with Gasteiger partial charge in [0.25, 0.3) is 11.8 Å². The second-order valence-electron chi connectivity index (χ2n) is 15.3. The Morgan fingerprint density at radius 1 is 0.836 bits per heavy atom. The van der Waals surface area contributed by atoms with E-state index in [1.54, 1.807) is 48.7 Å².